The van der Waals surface area contributed by atoms with E-state index in [0.29, 0.717) is 11.8 Å². The topological polar surface area (TPSA) is 49.3 Å². The van der Waals surface area contributed by atoms with Gasteiger partial charge in [-0.2, -0.15) is 0 Å². The predicted molar refractivity (Wildman–Crippen MR) is 93.7 cm³/mol. The van der Waals surface area contributed by atoms with Crippen LogP contribution in [-0.4, -0.2) is 47.2 Å². The molecule has 24 heavy (non-hydrogen) atoms. The molecule has 0 spiro atoms. The molecule has 5 nitrogen and oxygen atoms in total. The number of benzene rings is 1. The molecule has 0 N–H and O–H groups in total. The van der Waals surface area contributed by atoms with Gasteiger partial charge in [0.25, 0.3) is 0 Å². The van der Waals surface area contributed by atoms with Gasteiger partial charge in [0.1, 0.15) is 0 Å². The van der Waals surface area contributed by atoms with E-state index in [4.69, 9.17) is 0 Å². The second-order valence-corrected chi connectivity index (χ2v) is 6.73. The van der Waals surface area contributed by atoms with E-state index in [2.05, 4.69) is 46.3 Å². The summed E-state index contributed by atoms with van der Waals surface area (Å²) in [7, 11) is 0. The Kier molecular flexibility index (Phi) is 3.92. The Labute approximate surface area is 142 Å². The van der Waals surface area contributed by atoms with Crippen LogP contribution in [0, 0.1) is 12.8 Å². The Morgan fingerprint density at radius 2 is 1.67 bits per heavy atom. The molecule has 1 saturated heterocycles. The highest BCUT2D eigenvalue weighted by molar-refractivity contribution is 5.81. The quantitative estimate of drug-likeness (QED) is 0.871. The minimum Gasteiger partial charge on any atom is -0.352 e. The van der Waals surface area contributed by atoms with Crippen LogP contribution in [0.5, 0.6) is 0 Å². The lowest BCUT2D eigenvalue weighted by molar-refractivity contribution is -0.132. The van der Waals surface area contributed by atoms with Crippen molar-refractivity contribution in [3.8, 4) is 11.3 Å². The van der Waals surface area contributed by atoms with E-state index in [1.165, 1.54) is 5.56 Å². The van der Waals surface area contributed by atoms with E-state index in [1.54, 1.807) is 0 Å². The Bertz CT molecular complexity index is 714. The Morgan fingerprint density at radius 1 is 0.958 bits per heavy atom. The van der Waals surface area contributed by atoms with Crippen LogP contribution < -0.4 is 4.90 Å². The second kappa shape index (κ2) is 6.23. The van der Waals surface area contributed by atoms with E-state index in [9.17, 15) is 4.79 Å². The number of aromatic nitrogens is 2. The van der Waals surface area contributed by atoms with Crippen LogP contribution in [0.4, 0.5) is 5.82 Å². The van der Waals surface area contributed by atoms with Gasteiger partial charge in [0.2, 0.25) is 5.91 Å². The molecule has 0 unspecified atom stereocenters. The fourth-order valence-corrected chi connectivity index (χ4v) is 3.12. The number of piperazine rings is 1. The van der Waals surface area contributed by atoms with Gasteiger partial charge in [0.05, 0.1) is 5.69 Å². The molecule has 5 heteroatoms. The highest BCUT2D eigenvalue weighted by Crippen LogP contribution is 2.31. The van der Waals surface area contributed by atoms with Crippen molar-refractivity contribution >= 4 is 11.7 Å². The van der Waals surface area contributed by atoms with E-state index in [1.807, 2.05) is 17.0 Å². The molecule has 1 saturated carbocycles. The van der Waals surface area contributed by atoms with Crippen molar-refractivity contribution in [1.29, 1.82) is 0 Å². The summed E-state index contributed by atoms with van der Waals surface area (Å²) in [6, 6.07) is 12.4. The minimum absolute atomic E-state index is 0.310. The molecule has 1 aromatic heterocycles. The Hall–Kier alpha value is -2.43. The van der Waals surface area contributed by atoms with Crippen molar-refractivity contribution in [3.05, 3.63) is 42.0 Å². The van der Waals surface area contributed by atoms with Crippen molar-refractivity contribution in [2.24, 2.45) is 5.92 Å². The zero-order chi connectivity index (χ0) is 16.5. The molecule has 1 aromatic carbocycles. The monoisotopic (exact) mass is 322 g/mol. The lowest BCUT2D eigenvalue weighted by atomic mass is 10.1. The molecule has 1 amide bonds. The first-order chi connectivity index (χ1) is 11.7. The Balaban J connectivity index is 1.40. The van der Waals surface area contributed by atoms with Gasteiger partial charge < -0.3 is 9.80 Å². The van der Waals surface area contributed by atoms with Crippen molar-refractivity contribution < 1.29 is 4.79 Å². The van der Waals surface area contributed by atoms with Gasteiger partial charge in [0, 0.05) is 37.7 Å². The summed E-state index contributed by atoms with van der Waals surface area (Å²) < 4.78 is 0. The van der Waals surface area contributed by atoms with Crippen molar-refractivity contribution in [2.45, 2.75) is 19.8 Å². The first-order valence-electron chi connectivity index (χ1n) is 8.65. The molecule has 1 aliphatic carbocycles. The lowest BCUT2D eigenvalue weighted by Crippen LogP contribution is -2.49. The second-order valence-electron chi connectivity index (χ2n) is 6.73. The number of nitrogens with zero attached hydrogens (tertiary/aromatic N) is 4. The van der Waals surface area contributed by atoms with Gasteiger partial charge in [-0.05, 0) is 31.9 Å². The number of hydrogen-bond donors (Lipinski definition) is 0. The minimum atomic E-state index is 0.310. The average molecular weight is 322 g/mol. The van der Waals surface area contributed by atoms with Crippen LogP contribution >= 0.6 is 0 Å². The Morgan fingerprint density at radius 3 is 2.25 bits per heavy atom. The van der Waals surface area contributed by atoms with Crippen LogP contribution in [0.3, 0.4) is 0 Å². The molecule has 2 aromatic rings. The highest BCUT2D eigenvalue weighted by Gasteiger charge is 2.34. The first-order valence-corrected chi connectivity index (χ1v) is 8.65. The van der Waals surface area contributed by atoms with Gasteiger partial charge in [0.15, 0.2) is 5.82 Å². The molecule has 4 rings (SSSR count). The normalized spacial score (nSPS) is 17.9. The zero-order valence-corrected chi connectivity index (χ0v) is 14.0. The third-order valence-electron chi connectivity index (χ3n) is 4.84. The summed E-state index contributed by atoms with van der Waals surface area (Å²) in [5.74, 6) is 1.55. The van der Waals surface area contributed by atoms with Gasteiger partial charge >= 0.3 is 0 Å². The van der Waals surface area contributed by atoms with E-state index >= 15 is 0 Å². The smallest absolute Gasteiger partial charge is 0.225 e. The molecular weight excluding hydrogens is 300 g/mol. The van der Waals surface area contributed by atoms with E-state index < -0.39 is 0 Å². The number of aryl methyl sites for hydroxylation is 1. The molecule has 124 valence electrons. The third-order valence-corrected chi connectivity index (χ3v) is 4.84. The SMILES string of the molecule is Cc1ccc(-c2ccc(N3CCN(C(=O)C4CC4)CC3)nn2)cc1. The largest absolute Gasteiger partial charge is 0.352 e. The maximum Gasteiger partial charge on any atom is 0.225 e. The maximum atomic E-state index is 12.1. The summed E-state index contributed by atoms with van der Waals surface area (Å²) in [4.78, 5) is 16.3. The summed E-state index contributed by atoms with van der Waals surface area (Å²) in [5.41, 5.74) is 3.21. The number of amides is 1. The van der Waals surface area contributed by atoms with Crippen LogP contribution in [0.2, 0.25) is 0 Å². The highest BCUT2D eigenvalue weighted by atomic mass is 16.2. The molecule has 2 aliphatic rings. The van der Waals surface area contributed by atoms with E-state index in [0.717, 1.165) is 56.1 Å². The number of carbonyl (C=O) groups is 1. The molecule has 0 bridgehead atoms. The number of hydrogen-bond acceptors (Lipinski definition) is 4. The summed E-state index contributed by atoms with van der Waals surface area (Å²) in [5, 5.41) is 8.76. The number of rotatable bonds is 3. The fraction of sp³-hybridized carbons (Fsp3) is 0.421. The van der Waals surface area contributed by atoms with Gasteiger partial charge in [-0.25, -0.2) is 0 Å². The van der Waals surface area contributed by atoms with Crippen molar-refractivity contribution in [2.75, 3.05) is 31.1 Å². The summed E-state index contributed by atoms with van der Waals surface area (Å²) in [6.45, 7) is 5.31. The van der Waals surface area contributed by atoms with Gasteiger partial charge in [-0.15, -0.1) is 10.2 Å². The van der Waals surface area contributed by atoms with Crippen LogP contribution in [0.25, 0.3) is 11.3 Å². The maximum absolute atomic E-state index is 12.1. The summed E-state index contributed by atoms with van der Waals surface area (Å²) in [6.07, 6.45) is 2.15. The zero-order valence-electron chi connectivity index (χ0n) is 14.0. The molecule has 2 heterocycles. The third kappa shape index (κ3) is 3.11. The lowest BCUT2D eigenvalue weighted by Gasteiger charge is -2.35. The van der Waals surface area contributed by atoms with Crippen molar-refractivity contribution in [1.82, 2.24) is 15.1 Å². The average Bonchev–Trinajstić information content (AvgIpc) is 3.47. The molecule has 0 radical (unpaired) electrons. The van der Waals surface area contributed by atoms with Crippen LogP contribution in [0.15, 0.2) is 36.4 Å². The molecule has 1 aliphatic heterocycles. The molecule has 0 atom stereocenters. The van der Waals surface area contributed by atoms with Crippen LogP contribution in [0.1, 0.15) is 18.4 Å². The first kappa shape index (κ1) is 15.1. The fourth-order valence-electron chi connectivity index (χ4n) is 3.12. The molecular formula is C19H22N4O. The van der Waals surface area contributed by atoms with Crippen LogP contribution in [-0.2, 0) is 4.79 Å². The molecule has 2 fully saturated rings. The van der Waals surface area contributed by atoms with Gasteiger partial charge in [-0.3, -0.25) is 4.79 Å². The predicted octanol–water partition coefficient (Wildman–Crippen LogP) is 2.51. The van der Waals surface area contributed by atoms with Gasteiger partial charge in [-0.1, -0.05) is 29.8 Å². The number of anilines is 1. The van der Waals surface area contributed by atoms with Crippen molar-refractivity contribution in [3.63, 3.8) is 0 Å². The number of carbonyl (C=O) groups excluding carboxylic acids is 1. The standard InChI is InChI=1S/C19H22N4O/c1-14-2-4-15(5-3-14)17-8-9-18(21-20-17)22-10-12-23(13-11-22)19(24)16-6-7-16/h2-5,8-9,16H,6-7,10-13H2,1H3. The van der Waals surface area contributed by atoms with E-state index in [-0.39, 0.29) is 0 Å². The summed E-state index contributed by atoms with van der Waals surface area (Å²) >= 11 is 0.